The molecule has 0 saturated carbocycles. The fourth-order valence-corrected chi connectivity index (χ4v) is 2.70. The van der Waals surface area contributed by atoms with E-state index in [1.54, 1.807) is 17.0 Å². The molecule has 0 bridgehead atoms. The second-order valence-electron chi connectivity index (χ2n) is 5.82. The summed E-state index contributed by atoms with van der Waals surface area (Å²) < 4.78 is 31.2. The van der Waals surface area contributed by atoms with E-state index >= 15 is 0 Å². The highest BCUT2D eigenvalue weighted by atomic mass is 19.1. The molecule has 1 aliphatic heterocycles. The number of anilines is 1. The number of benzene rings is 2. The molecule has 7 heteroatoms. The summed E-state index contributed by atoms with van der Waals surface area (Å²) >= 11 is 0. The van der Waals surface area contributed by atoms with E-state index < -0.39 is 35.6 Å². The van der Waals surface area contributed by atoms with Crippen molar-refractivity contribution in [2.24, 2.45) is 0 Å². The number of nitrogens with zero attached hydrogens (tertiary/aromatic N) is 1. The Morgan fingerprint density at radius 2 is 1.81 bits per heavy atom. The SMILES string of the molecule is O=C(COC(=O)c1ccc(F)cc1F)c1ccc(N2CCCC2=O)cc1. The van der Waals surface area contributed by atoms with Gasteiger partial charge < -0.3 is 9.64 Å². The van der Waals surface area contributed by atoms with Gasteiger partial charge in [-0.05, 0) is 42.8 Å². The highest BCUT2D eigenvalue weighted by Crippen LogP contribution is 2.21. The van der Waals surface area contributed by atoms with Crippen molar-refractivity contribution in [2.75, 3.05) is 18.1 Å². The van der Waals surface area contributed by atoms with E-state index in [2.05, 4.69) is 0 Å². The summed E-state index contributed by atoms with van der Waals surface area (Å²) in [6, 6.07) is 8.83. The molecule has 0 aliphatic carbocycles. The van der Waals surface area contributed by atoms with Gasteiger partial charge in [-0.2, -0.15) is 0 Å². The van der Waals surface area contributed by atoms with Crippen molar-refractivity contribution in [1.82, 2.24) is 0 Å². The minimum atomic E-state index is -1.05. The molecule has 2 aromatic carbocycles. The van der Waals surface area contributed by atoms with Gasteiger partial charge in [0.25, 0.3) is 0 Å². The second-order valence-corrected chi connectivity index (χ2v) is 5.82. The van der Waals surface area contributed by atoms with Crippen molar-refractivity contribution >= 4 is 23.3 Å². The van der Waals surface area contributed by atoms with Gasteiger partial charge in [0.2, 0.25) is 5.91 Å². The van der Waals surface area contributed by atoms with Gasteiger partial charge in [0.1, 0.15) is 11.6 Å². The Balaban J connectivity index is 1.61. The van der Waals surface area contributed by atoms with E-state index in [-0.39, 0.29) is 5.91 Å². The number of ketones is 1. The molecule has 0 aromatic heterocycles. The molecular formula is C19H15F2NO4. The van der Waals surface area contributed by atoms with Crippen molar-refractivity contribution in [3.8, 4) is 0 Å². The van der Waals surface area contributed by atoms with Crippen LogP contribution < -0.4 is 4.90 Å². The fourth-order valence-electron chi connectivity index (χ4n) is 2.70. The van der Waals surface area contributed by atoms with E-state index in [1.807, 2.05) is 0 Å². The lowest BCUT2D eigenvalue weighted by Crippen LogP contribution is -2.23. The van der Waals surface area contributed by atoms with Crippen molar-refractivity contribution in [3.63, 3.8) is 0 Å². The van der Waals surface area contributed by atoms with Crippen LogP contribution in [0.1, 0.15) is 33.6 Å². The van der Waals surface area contributed by atoms with Crippen LogP contribution >= 0.6 is 0 Å². The second kappa shape index (κ2) is 7.43. The lowest BCUT2D eigenvalue weighted by atomic mass is 10.1. The summed E-state index contributed by atoms with van der Waals surface area (Å²) in [5.41, 5.74) is 0.560. The maximum atomic E-state index is 13.5. The number of hydrogen-bond donors (Lipinski definition) is 0. The topological polar surface area (TPSA) is 63.7 Å². The molecule has 1 aliphatic rings. The monoisotopic (exact) mass is 359 g/mol. The molecule has 1 saturated heterocycles. The zero-order valence-corrected chi connectivity index (χ0v) is 13.7. The van der Waals surface area contributed by atoms with Crippen LogP contribution in [0.4, 0.5) is 14.5 Å². The molecule has 134 valence electrons. The predicted octanol–water partition coefficient (Wildman–Crippen LogP) is 3.13. The first-order chi connectivity index (χ1) is 12.5. The van der Waals surface area contributed by atoms with E-state index in [0.29, 0.717) is 30.3 Å². The molecule has 26 heavy (non-hydrogen) atoms. The molecule has 2 aromatic rings. The average molecular weight is 359 g/mol. The standard InChI is InChI=1S/C19H15F2NO4/c20-13-5-8-15(16(21)10-13)19(25)26-11-17(23)12-3-6-14(7-4-12)22-9-1-2-18(22)24/h3-8,10H,1-2,9,11H2. The highest BCUT2D eigenvalue weighted by molar-refractivity contribution is 6.00. The quantitative estimate of drug-likeness (QED) is 0.608. The molecule has 0 unspecified atom stereocenters. The number of halogens is 2. The van der Waals surface area contributed by atoms with Crippen LogP contribution in [0.3, 0.4) is 0 Å². The van der Waals surface area contributed by atoms with E-state index in [9.17, 15) is 23.2 Å². The Hall–Kier alpha value is -3.09. The Bertz CT molecular complexity index is 864. The third-order valence-electron chi connectivity index (χ3n) is 4.06. The number of carbonyl (C=O) groups is 3. The van der Waals surface area contributed by atoms with Crippen molar-refractivity contribution in [2.45, 2.75) is 12.8 Å². The number of carbonyl (C=O) groups excluding carboxylic acids is 3. The van der Waals surface area contributed by atoms with Crippen molar-refractivity contribution in [3.05, 3.63) is 65.2 Å². The molecule has 1 fully saturated rings. The largest absolute Gasteiger partial charge is 0.454 e. The zero-order valence-electron chi connectivity index (χ0n) is 13.7. The van der Waals surface area contributed by atoms with Gasteiger partial charge in [-0.25, -0.2) is 13.6 Å². The maximum Gasteiger partial charge on any atom is 0.341 e. The van der Waals surface area contributed by atoms with Gasteiger partial charge in [-0.1, -0.05) is 0 Å². The lowest BCUT2D eigenvalue weighted by molar-refractivity contribution is -0.117. The fraction of sp³-hybridized carbons (Fsp3) is 0.211. The minimum absolute atomic E-state index is 0.0410. The molecule has 0 N–H and O–H groups in total. The third-order valence-corrected chi connectivity index (χ3v) is 4.06. The lowest BCUT2D eigenvalue weighted by Gasteiger charge is -2.15. The third kappa shape index (κ3) is 3.77. The Morgan fingerprint density at radius 3 is 2.42 bits per heavy atom. The molecule has 5 nitrogen and oxygen atoms in total. The van der Waals surface area contributed by atoms with Crippen LogP contribution in [-0.4, -0.2) is 30.8 Å². The summed E-state index contributed by atoms with van der Waals surface area (Å²) in [4.78, 5) is 37.2. The van der Waals surface area contributed by atoms with Crippen LogP contribution in [0.25, 0.3) is 0 Å². The molecule has 0 radical (unpaired) electrons. The molecule has 3 rings (SSSR count). The first-order valence-electron chi connectivity index (χ1n) is 8.01. The van der Waals surface area contributed by atoms with Gasteiger partial charge in [-0.15, -0.1) is 0 Å². The molecule has 1 amide bonds. The molecule has 1 heterocycles. The van der Waals surface area contributed by atoms with Gasteiger partial charge in [0, 0.05) is 30.3 Å². The van der Waals surface area contributed by atoms with Crippen molar-refractivity contribution < 1.29 is 27.9 Å². The molecule has 0 atom stereocenters. The van der Waals surface area contributed by atoms with Crippen molar-refractivity contribution in [1.29, 1.82) is 0 Å². The summed E-state index contributed by atoms with van der Waals surface area (Å²) in [6.45, 7) is 0.0740. The van der Waals surface area contributed by atoms with E-state index in [0.717, 1.165) is 18.6 Å². The van der Waals surface area contributed by atoms with Crippen LogP contribution in [0.15, 0.2) is 42.5 Å². The summed E-state index contributed by atoms with van der Waals surface area (Å²) in [5, 5.41) is 0. The van der Waals surface area contributed by atoms with E-state index in [4.69, 9.17) is 4.74 Å². The summed E-state index contributed by atoms with van der Waals surface area (Å²) in [5.74, 6) is -3.34. The Labute approximate surface area is 148 Å². The van der Waals surface area contributed by atoms with Crippen LogP contribution in [-0.2, 0) is 9.53 Å². The number of amides is 1. The van der Waals surface area contributed by atoms with E-state index in [1.165, 1.54) is 12.1 Å². The van der Waals surface area contributed by atoms with Gasteiger partial charge in [0.05, 0.1) is 5.56 Å². The highest BCUT2D eigenvalue weighted by Gasteiger charge is 2.22. The van der Waals surface area contributed by atoms with Crippen LogP contribution in [0.5, 0.6) is 0 Å². The Kier molecular flexibility index (Phi) is 5.06. The summed E-state index contributed by atoms with van der Waals surface area (Å²) in [7, 11) is 0. The normalized spacial score (nSPS) is 13.8. The number of esters is 1. The zero-order chi connectivity index (χ0) is 18.7. The predicted molar refractivity (Wildman–Crippen MR) is 89.0 cm³/mol. The smallest absolute Gasteiger partial charge is 0.341 e. The summed E-state index contributed by atoms with van der Waals surface area (Å²) in [6.07, 6.45) is 1.31. The average Bonchev–Trinajstić information content (AvgIpc) is 3.05. The first-order valence-corrected chi connectivity index (χ1v) is 8.01. The number of Topliss-reactive ketones (excluding diaryl/α,β-unsaturated/α-hetero) is 1. The Morgan fingerprint density at radius 1 is 1.08 bits per heavy atom. The maximum absolute atomic E-state index is 13.5. The minimum Gasteiger partial charge on any atom is -0.454 e. The van der Waals surface area contributed by atoms with Crippen LogP contribution in [0, 0.1) is 11.6 Å². The number of rotatable bonds is 5. The van der Waals surface area contributed by atoms with Gasteiger partial charge in [-0.3, -0.25) is 9.59 Å². The van der Waals surface area contributed by atoms with Gasteiger partial charge >= 0.3 is 5.97 Å². The number of hydrogen-bond acceptors (Lipinski definition) is 4. The van der Waals surface area contributed by atoms with Gasteiger partial charge in [0.15, 0.2) is 12.4 Å². The molecule has 0 spiro atoms. The first kappa shape index (κ1) is 17.7. The number of ether oxygens (including phenoxy) is 1. The molecular weight excluding hydrogens is 344 g/mol. The van der Waals surface area contributed by atoms with Crippen LogP contribution in [0.2, 0.25) is 0 Å².